The van der Waals surface area contributed by atoms with Gasteiger partial charge in [-0.15, -0.1) is 22.7 Å². The van der Waals surface area contributed by atoms with Crippen LogP contribution in [0.2, 0.25) is 0 Å². The zero-order valence-corrected chi connectivity index (χ0v) is 16.8. The predicted octanol–water partition coefficient (Wildman–Crippen LogP) is 5.44. The summed E-state index contributed by atoms with van der Waals surface area (Å²) in [5, 5.41) is 6.55. The fourth-order valence-electron chi connectivity index (χ4n) is 2.67. The van der Waals surface area contributed by atoms with Crippen molar-refractivity contribution >= 4 is 43.8 Å². The van der Waals surface area contributed by atoms with Gasteiger partial charge in [0.25, 0.3) is 5.91 Å². The number of carbonyl (C=O) groups is 1. The first-order valence-corrected chi connectivity index (χ1v) is 10.5. The number of amides is 1. The fraction of sp³-hybridized carbons (Fsp3) is 0.143. The maximum atomic E-state index is 12.3. The number of aromatic nitrogens is 1. The van der Waals surface area contributed by atoms with Gasteiger partial charge in [0.1, 0.15) is 21.5 Å². The molecule has 0 radical (unpaired) electrons. The minimum atomic E-state index is -0.210. The van der Waals surface area contributed by atoms with E-state index in [0.29, 0.717) is 12.4 Å². The summed E-state index contributed by atoms with van der Waals surface area (Å²) in [7, 11) is 0. The summed E-state index contributed by atoms with van der Waals surface area (Å²) in [4.78, 5) is 17.0. The van der Waals surface area contributed by atoms with Gasteiger partial charge in [0, 0.05) is 5.56 Å². The molecule has 1 N–H and O–H groups in total. The third kappa shape index (κ3) is 4.16. The molecular formula is C21H18N2O3S2. The molecule has 0 bridgehead atoms. The lowest BCUT2D eigenvalue weighted by Gasteiger charge is -2.08. The molecule has 0 aliphatic carbocycles. The third-order valence-corrected chi connectivity index (χ3v) is 5.85. The summed E-state index contributed by atoms with van der Waals surface area (Å²) in [6.07, 6.45) is 0. The Morgan fingerprint density at radius 3 is 2.54 bits per heavy atom. The van der Waals surface area contributed by atoms with Crippen molar-refractivity contribution in [3.63, 3.8) is 0 Å². The number of nitrogens with one attached hydrogen (secondary N) is 1. The number of hydrogen-bond donors (Lipinski definition) is 1. The van der Waals surface area contributed by atoms with Crippen LogP contribution in [0, 0.1) is 0 Å². The van der Waals surface area contributed by atoms with Gasteiger partial charge in [-0.2, -0.15) is 0 Å². The molecule has 0 aliphatic rings. The first-order valence-electron chi connectivity index (χ1n) is 8.82. The SMILES string of the molecule is CCOc1ccc(OCC(=O)Nc2sccc2-c2nc3ccccc3s2)cc1. The number of benzene rings is 2. The molecule has 5 nitrogen and oxygen atoms in total. The van der Waals surface area contributed by atoms with Gasteiger partial charge in [-0.3, -0.25) is 4.79 Å². The van der Waals surface area contributed by atoms with E-state index >= 15 is 0 Å². The van der Waals surface area contributed by atoms with Gasteiger partial charge >= 0.3 is 0 Å². The van der Waals surface area contributed by atoms with Crippen molar-refractivity contribution in [1.29, 1.82) is 0 Å². The average molecular weight is 411 g/mol. The molecular weight excluding hydrogens is 392 g/mol. The van der Waals surface area contributed by atoms with Crippen molar-refractivity contribution in [2.75, 3.05) is 18.5 Å². The van der Waals surface area contributed by atoms with E-state index in [2.05, 4.69) is 10.3 Å². The van der Waals surface area contributed by atoms with Crippen molar-refractivity contribution in [1.82, 2.24) is 4.98 Å². The second-order valence-electron chi connectivity index (χ2n) is 5.89. The number of anilines is 1. The lowest BCUT2D eigenvalue weighted by molar-refractivity contribution is -0.118. The molecule has 4 aromatic rings. The van der Waals surface area contributed by atoms with Crippen LogP contribution in [0.5, 0.6) is 11.5 Å². The van der Waals surface area contributed by atoms with E-state index in [1.54, 1.807) is 23.5 Å². The van der Waals surface area contributed by atoms with E-state index in [-0.39, 0.29) is 12.5 Å². The van der Waals surface area contributed by atoms with Gasteiger partial charge in [0.15, 0.2) is 6.61 Å². The minimum absolute atomic E-state index is 0.0643. The molecule has 2 aromatic carbocycles. The first-order chi connectivity index (χ1) is 13.7. The van der Waals surface area contributed by atoms with Gasteiger partial charge in [-0.1, -0.05) is 12.1 Å². The Bertz CT molecular complexity index is 1050. The van der Waals surface area contributed by atoms with E-state index in [0.717, 1.165) is 31.5 Å². The zero-order chi connectivity index (χ0) is 19.3. The molecule has 28 heavy (non-hydrogen) atoms. The van der Waals surface area contributed by atoms with E-state index in [4.69, 9.17) is 9.47 Å². The van der Waals surface area contributed by atoms with Gasteiger partial charge < -0.3 is 14.8 Å². The molecule has 0 unspecified atom stereocenters. The summed E-state index contributed by atoms with van der Waals surface area (Å²) in [6.45, 7) is 2.48. The minimum Gasteiger partial charge on any atom is -0.494 e. The molecule has 0 fully saturated rings. The zero-order valence-electron chi connectivity index (χ0n) is 15.2. The normalized spacial score (nSPS) is 10.8. The lowest BCUT2D eigenvalue weighted by Crippen LogP contribution is -2.19. The van der Waals surface area contributed by atoms with Crippen LogP contribution < -0.4 is 14.8 Å². The predicted molar refractivity (Wildman–Crippen MR) is 115 cm³/mol. The maximum Gasteiger partial charge on any atom is 0.262 e. The van der Waals surface area contributed by atoms with E-state index in [9.17, 15) is 4.79 Å². The average Bonchev–Trinajstić information content (AvgIpc) is 3.34. The van der Waals surface area contributed by atoms with Crippen LogP contribution in [0.25, 0.3) is 20.8 Å². The fourth-order valence-corrected chi connectivity index (χ4v) is 4.54. The van der Waals surface area contributed by atoms with E-state index in [1.165, 1.54) is 11.3 Å². The summed E-state index contributed by atoms with van der Waals surface area (Å²) in [5.41, 5.74) is 1.89. The van der Waals surface area contributed by atoms with Crippen molar-refractivity contribution in [3.05, 3.63) is 60.0 Å². The number of thiazole rings is 1. The Morgan fingerprint density at radius 1 is 1.04 bits per heavy atom. The van der Waals surface area contributed by atoms with Crippen molar-refractivity contribution in [3.8, 4) is 22.1 Å². The molecule has 1 amide bonds. The Kier molecular flexibility index (Phi) is 5.55. The van der Waals surface area contributed by atoms with E-state index < -0.39 is 0 Å². The largest absolute Gasteiger partial charge is 0.494 e. The first kappa shape index (κ1) is 18.5. The Labute approximate surface area is 170 Å². The van der Waals surface area contributed by atoms with Crippen LogP contribution in [0.3, 0.4) is 0 Å². The highest BCUT2D eigenvalue weighted by molar-refractivity contribution is 7.22. The molecule has 2 heterocycles. The monoisotopic (exact) mass is 410 g/mol. The molecule has 0 spiro atoms. The summed E-state index contributed by atoms with van der Waals surface area (Å²) in [6, 6.07) is 17.2. The summed E-state index contributed by atoms with van der Waals surface area (Å²) >= 11 is 3.09. The van der Waals surface area contributed by atoms with E-state index in [1.807, 2.05) is 54.8 Å². The molecule has 2 aromatic heterocycles. The van der Waals surface area contributed by atoms with Gasteiger partial charge in [0.05, 0.1) is 16.8 Å². The second kappa shape index (κ2) is 8.41. The highest BCUT2D eigenvalue weighted by atomic mass is 32.1. The number of para-hydroxylation sites is 1. The van der Waals surface area contributed by atoms with Crippen molar-refractivity contribution in [2.24, 2.45) is 0 Å². The standard InChI is InChI=1S/C21H18N2O3S2/c1-2-25-14-7-9-15(10-8-14)26-13-19(24)23-20-16(11-12-27-20)21-22-17-5-3-4-6-18(17)28-21/h3-12H,2,13H2,1H3,(H,23,24). The quantitative estimate of drug-likeness (QED) is 0.441. The smallest absolute Gasteiger partial charge is 0.262 e. The van der Waals surface area contributed by atoms with Crippen LogP contribution in [0.15, 0.2) is 60.0 Å². The molecule has 142 valence electrons. The molecule has 0 saturated heterocycles. The highest BCUT2D eigenvalue weighted by Gasteiger charge is 2.14. The number of carbonyl (C=O) groups excluding carboxylic acids is 1. The second-order valence-corrected chi connectivity index (χ2v) is 7.84. The van der Waals surface area contributed by atoms with Crippen molar-refractivity contribution < 1.29 is 14.3 Å². The molecule has 0 saturated carbocycles. The number of ether oxygens (including phenoxy) is 2. The molecule has 0 atom stereocenters. The van der Waals surface area contributed by atoms with Crippen LogP contribution in [0.1, 0.15) is 6.92 Å². The molecule has 4 rings (SSSR count). The van der Waals surface area contributed by atoms with Crippen LogP contribution in [0.4, 0.5) is 5.00 Å². The van der Waals surface area contributed by atoms with Crippen molar-refractivity contribution in [2.45, 2.75) is 6.92 Å². The number of nitrogens with zero attached hydrogens (tertiary/aromatic N) is 1. The Balaban J connectivity index is 1.40. The third-order valence-electron chi connectivity index (χ3n) is 3.95. The van der Waals surface area contributed by atoms with Crippen LogP contribution >= 0.6 is 22.7 Å². The lowest BCUT2D eigenvalue weighted by atomic mass is 10.3. The van der Waals surface area contributed by atoms with Gasteiger partial charge in [-0.25, -0.2) is 4.98 Å². The number of thiophene rings is 1. The van der Waals surface area contributed by atoms with Crippen LogP contribution in [-0.4, -0.2) is 24.1 Å². The molecule has 0 aliphatic heterocycles. The topological polar surface area (TPSA) is 60.5 Å². The van der Waals surface area contributed by atoms with Gasteiger partial charge in [-0.05, 0) is 54.8 Å². The number of fused-ring (bicyclic) bond motifs is 1. The summed E-state index contributed by atoms with van der Waals surface area (Å²) < 4.78 is 12.1. The highest BCUT2D eigenvalue weighted by Crippen LogP contribution is 2.37. The number of hydrogen-bond acceptors (Lipinski definition) is 6. The van der Waals surface area contributed by atoms with Crippen LogP contribution in [-0.2, 0) is 4.79 Å². The number of rotatable bonds is 7. The van der Waals surface area contributed by atoms with Gasteiger partial charge in [0.2, 0.25) is 0 Å². The Morgan fingerprint density at radius 2 is 1.79 bits per heavy atom. The maximum absolute atomic E-state index is 12.3. The molecule has 7 heteroatoms. The summed E-state index contributed by atoms with van der Waals surface area (Å²) in [5.74, 6) is 1.19. The Hall–Kier alpha value is -2.90.